The van der Waals surface area contributed by atoms with E-state index in [2.05, 4.69) is 0 Å². The van der Waals surface area contributed by atoms with E-state index in [0.717, 1.165) is 23.1 Å². The number of hydrogen-bond acceptors (Lipinski definition) is 3. The molecule has 0 fully saturated rings. The number of fused-ring (bicyclic) bond motifs is 1. The van der Waals surface area contributed by atoms with E-state index in [1.165, 1.54) is 0 Å². The maximum absolute atomic E-state index is 12.2. The van der Waals surface area contributed by atoms with Gasteiger partial charge in [-0.15, -0.1) is 0 Å². The maximum Gasteiger partial charge on any atom is 0.220 e. The highest BCUT2D eigenvalue weighted by molar-refractivity contribution is 6.31. The zero-order valence-corrected chi connectivity index (χ0v) is 14.8. The van der Waals surface area contributed by atoms with Gasteiger partial charge in [0.15, 0.2) is 11.5 Å². The molecule has 0 radical (unpaired) electrons. The Morgan fingerprint density at radius 1 is 1.12 bits per heavy atom. The number of carbonyl (C=O) groups is 1. The first-order valence-corrected chi connectivity index (χ1v) is 8.21. The minimum atomic E-state index is -0.222. The van der Waals surface area contributed by atoms with Gasteiger partial charge in [0, 0.05) is 18.5 Å². The normalized spacial score (nSPS) is 16.5. The van der Waals surface area contributed by atoms with Crippen molar-refractivity contribution in [3.63, 3.8) is 0 Å². The van der Waals surface area contributed by atoms with Gasteiger partial charge in [0.1, 0.15) is 0 Å². The van der Waals surface area contributed by atoms with Crippen molar-refractivity contribution in [2.24, 2.45) is 0 Å². The standard InChI is InChI=1S/C19H20ClNO3/c1-12(22)21-9-8-13-10-17(23-2)18(24-3)11-15(13)19(21)14-6-4-5-7-16(14)20/h4-7,10-11,19H,8-9H2,1-3H3/t19-/m0/s1. The Morgan fingerprint density at radius 2 is 1.79 bits per heavy atom. The molecule has 1 aliphatic heterocycles. The van der Waals surface area contributed by atoms with Gasteiger partial charge in [-0.1, -0.05) is 29.8 Å². The quantitative estimate of drug-likeness (QED) is 0.848. The van der Waals surface area contributed by atoms with Crippen molar-refractivity contribution in [1.82, 2.24) is 4.90 Å². The topological polar surface area (TPSA) is 38.8 Å². The summed E-state index contributed by atoms with van der Waals surface area (Å²) in [5.74, 6) is 1.38. The molecule has 0 aliphatic carbocycles. The van der Waals surface area contributed by atoms with Crippen LogP contribution in [0.3, 0.4) is 0 Å². The number of rotatable bonds is 3. The van der Waals surface area contributed by atoms with Crippen LogP contribution in [0.1, 0.15) is 29.7 Å². The molecule has 0 saturated carbocycles. The molecule has 4 nitrogen and oxygen atoms in total. The van der Waals surface area contributed by atoms with Crippen molar-refractivity contribution in [2.45, 2.75) is 19.4 Å². The van der Waals surface area contributed by atoms with Crippen LogP contribution in [0.15, 0.2) is 36.4 Å². The van der Waals surface area contributed by atoms with E-state index in [1.807, 2.05) is 41.3 Å². The molecule has 0 saturated heterocycles. The lowest BCUT2D eigenvalue weighted by Crippen LogP contribution is -2.39. The lowest BCUT2D eigenvalue weighted by molar-refractivity contribution is -0.130. The SMILES string of the molecule is COc1cc2c(cc1OC)[C@H](c1ccccc1Cl)N(C(C)=O)CC2. The van der Waals surface area contributed by atoms with Gasteiger partial charge in [0.05, 0.1) is 20.3 Å². The van der Waals surface area contributed by atoms with Crippen molar-refractivity contribution in [2.75, 3.05) is 20.8 Å². The summed E-state index contributed by atoms with van der Waals surface area (Å²) in [6, 6.07) is 11.4. The van der Waals surface area contributed by atoms with Crippen molar-refractivity contribution >= 4 is 17.5 Å². The van der Waals surface area contributed by atoms with E-state index in [9.17, 15) is 4.79 Å². The summed E-state index contributed by atoms with van der Waals surface area (Å²) in [6.45, 7) is 2.24. The molecule has 0 N–H and O–H groups in total. The smallest absolute Gasteiger partial charge is 0.220 e. The summed E-state index contributed by atoms with van der Waals surface area (Å²) in [6.07, 6.45) is 0.774. The molecule has 1 amide bonds. The van der Waals surface area contributed by atoms with Crippen molar-refractivity contribution < 1.29 is 14.3 Å². The Bertz CT molecular complexity index is 775. The Kier molecular flexibility index (Phi) is 4.67. The number of benzene rings is 2. The molecule has 0 unspecified atom stereocenters. The first-order chi connectivity index (χ1) is 11.6. The van der Waals surface area contributed by atoms with Crippen molar-refractivity contribution in [3.05, 3.63) is 58.1 Å². The fourth-order valence-corrected chi connectivity index (χ4v) is 3.56. The van der Waals surface area contributed by atoms with Gasteiger partial charge in [-0.25, -0.2) is 0 Å². The van der Waals surface area contributed by atoms with E-state index >= 15 is 0 Å². The number of methoxy groups -OCH3 is 2. The van der Waals surface area contributed by atoms with Crippen molar-refractivity contribution in [1.29, 1.82) is 0 Å². The van der Waals surface area contributed by atoms with Crippen LogP contribution in [-0.2, 0) is 11.2 Å². The molecule has 0 bridgehead atoms. The third kappa shape index (κ3) is 2.82. The fourth-order valence-electron chi connectivity index (χ4n) is 3.32. The van der Waals surface area contributed by atoms with Crippen LogP contribution in [0.25, 0.3) is 0 Å². The molecule has 1 atom stereocenters. The summed E-state index contributed by atoms with van der Waals surface area (Å²) < 4.78 is 10.9. The predicted molar refractivity (Wildman–Crippen MR) is 93.9 cm³/mol. The molecule has 1 aliphatic rings. The van der Waals surface area contributed by atoms with Gasteiger partial charge in [-0.05, 0) is 41.3 Å². The molecule has 2 aromatic rings. The van der Waals surface area contributed by atoms with E-state index in [0.29, 0.717) is 23.1 Å². The summed E-state index contributed by atoms with van der Waals surface area (Å²) >= 11 is 6.43. The van der Waals surface area contributed by atoms with E-state index in [-0.39, 0.29) is 11.9 Å². The van der Waals surface area contributed by atoms with Gasteiger partial charge in [0.2, 0.25) is 5.91 Å². The van der Waals surface area contributed by atoms with Crippen LogP contribution in [0.2, 0.25) is 5.02 Å². The highest BCUT2D eigenvalue weighted by atomic mass is 35.5. The molecule has 2 aromatic carbocycles. The van der Waals surface area contributed by atoms with Crippen LogP contribution in [-0.4, -0.2) is 31.6 Å². The maximum atomic E-state index is 12.2. The predicted octanol–water partition coefficient (Wildman–Crippen LogP) is 3.85. The summed E-state index contributed by atoms with van der Waals surface area (Å²) in [4.78, 5) is 14.1. The van der Waals surface area contributed by atoms with Crippen LogP contribution >= 0.6 is 11.6 Å². The summed E-state index contributed by atoms with van der Waals surface area (Å²) in [5.41, 5.74) is 3.10. The van der Waals surface area contributed by atoms with Gasteiger partial charge in [0.25, 0.3) is 0 Å². The third-order valence-corrected chi connectivity index (χ3v) is 4.82. The van der Waals surface area contributed by atoms with E-state index < -0.39 is 0 Å². The van der Waals surface area contributed by atoms with Gasteiger partial charge in [-0.3, -0.25) is 4.79 Å². The number of hydrogen-bond donors (Lipinski definition) is 0. The molecule has 5 heteroatoms. The molecule has 0 spiro atoms. The number of ether oxygens (including phenoxy) is 2. The van der Waals surface area contributed by atoms with Crippen molar-refractivity contribution in [3.8, 4) is 11.5 Å². The van der Waals surface area contributed by atoms with Gasteiger partial charge < -0.3 is 14.4 Å². The monoisotopic (exact) mass is 345 g/mol. The second-order valence-electron chi connectivity index (χ2n) is 5.79. The summed E-state index contributed by atoms with van der Waals surface area (Å²) in [5, 5.41) is 0.649. The van der Waals surface area contributed by atoms with E-state index in [1.54, 1.807) is 21.1 Å². The third-order valence-electron chi connectivity index (χ3n) is 4.48. The minimum absolute atomic E-state index is 0.0281. The summed E-state index contributed by atoms with van der Waals surface area (Å²) in [7, 11) is 3.24. The number of nitrogens with zero attached hydrogens (tertiary/aromatic N) is 1. The zero-order chi connectivity index (χ0) is 17.3. The molecule has 1 heterocycles. The van der Waals surface area contributed by atoms with Crippen LogP contribution in [0, 0.1) is 0 Å². The minimum Gasteiger partial charge on any atom is -0.493 e. The highest BCUT2D eigenvalue weighted by Gasteiger charge is 2.32. The van der Waals surface area contributed by atoms with E-state index in [4.69, 9.17) is 21.1 Å². The molecular formula is C19H20ClNO3. The molecular weight excluding hydrogens is 326 g/mol. The number of amides is 1. The zero-order valence-electron chi connectivity index (χ0n) is 14.0. The van der Waals surface area contributed by atoms with Gasteiger partial charge in [-0.2, -0.15) is 0 Å². The Balaban J connectivity index is 2.21. The Morgan fingerprint density at radius 3 is 2.42 bits per heavy atom. The largest absolute Gasteiger partial charge is 0.493 e. The number of halogens is 1. The van der Waals surface area contributed by atoms with Gasteiger partial charge >= 0.3 is 0 Å². The Hall–Kier alpha value is -2.20. The molecule has 126 valence electrons. The lowest BCUT2D eigenvalue weighted by Gasteiger charge is -2.38. The number of carbonyl (C=O) groups excluding carboxylic acids is 1. The Labute approximate surface area is 146 Å². The molecule has 24 heavy (non-hydrogen) atoms. The average Bonchev–Trinajstić information content (AvgIpc) is 2.59. The lowest BCUT2D eigenvalue weighted by atomic mass is 9.87. The second-order valence-corrected chi connectivity index (χ2v) is 6.20. The first-order valence-electron chi connectivity index (χ1n) is 7.83. The first kappa shape index (κ1) is 16.7. The van der Waals surface area contributed by atoms with Crippen LogP contribution in [0.4, 0.5) is 0 Å². The molecule has 0 aromatic heterocycles. The highest BCUT2D eigenvalue weighted by Crippen LogP contribution is 2.42. The molecule has 3 rings (SSSR count). The van der Waals surface area contributed by atoms with Crippen LogP contribution < -0.4 is 9.47 Å². The average molecular weight is 346 g/mol. The van der Waals surface area contributed by atoms with Crippen LogP contribution in [0.5, 0.6) is 11.5 Å². The fraction of sp³-hybridized carbons (Fsp3) is 0.316. The second kappa shape index (κ2) is 6.73.